The van der Waals surface area contributed by atoms with Crippen LogP contribution in [0.25, 0.3) is 11.4 Å². The van der Waals surface area contributed by atoms with Gasteiger partial charge < -0.3 is 11.1 Å². The monoisotopic (exact) mass is 377 g/mol. The van der Waals surface area contributed by atoms with E-state index in [1.807, 2.05) is 31.2 Å². The minimum Gasteiger partial charge on any atom is -0.368 e. The van der Waals surface area contributed by atoms with Crippen molar-refractivity contribution in [2.24, 2.45) is 0 Å². The number of aromatic nitrogens is 7. The molecule has 4 rings (SSSR count). The van der Waals surface area contributed by atoms with Crippen molar-refractivity contribution in [1.82, 2.24) is 35.2 Å². The first-order chi connectivity index (χ1) is 13.6. The van der Waals surface area contributed by atoms with E-state index in [-0.39, 0.29) is 18.3 Å². The van der Waals surface area contributed by atoms with Crippen LogP contribution in [0.2, 0.25) is 0 Å². The molecule has 2 aromatic carbocycles. The van der Waals surface area contributed by atoms with Crippen molar-refractivity contribution >= 4 is 17.6 Å². The molecule has 4 aromatic rings. The Morgan fingerprint density at radius 3 is 2.61 bits per heavy atom. The lowest BCUT2D eigenvalue weighted by atomic mass is 10.2. The maximum Gasteiger partial charge on any atom is 0.232 e. The first kappa shape index (κ1) is 17.5. The Balaban J connectivity index is 1.54. The third-order valence-electron chi connectivity index (χ3n) is 3.93. The molecular formula is C18H16FN9. The molecule has 0 spiro atoms. The second-order valence-corrected chi connectivity index (χ2v) is 6.02. The molecule has 0 aliphatic carbocycles. The van der Waals surface area contributed by atoms with Crippen molar-refractivity contribution in [3.8, 4) is 11.4 Å². The molecule has 9 nitrogen and oxygen atoms in total. The van der Waals surface area contributed by atoms with Crippen LogP contribution in [0.5, 0.6) is 0 Å². The van der Waals surface area contributed by atoms with E-state index in [4.69, 9.17) is 5.73 Å². The molecule has 0 aliphatic heterocycles. The Morgan fingerprint density at radius 2 is 1.82 bits per heavy atom. The van der Waals surface area contributed by atoms with Gasteiger partial charge in [-0.3, -0.25) is 0 Å². The van der Waals surface area contributed by atoms with Crippen molar-refractivity contribution in [2.75, 3.05) is 11.1 Å². The number of anilines is 3. The SMILES string of the molecule is Cc1ccccc1Nc1nc(N)nc(Cn2nnc(-c3ccc(F)cc3)n2)n1. The lowest BCUT2D eigenvalue weighted by molar-refractivity contribution is 0.554. The molecule has 2 heterocycles. The van der Waals surface area contributed by atoms with E-state index in [0.29, 0.717) is 23.2 Å². The van der Waals surface area contributed by atoms with Gasteiger partial charge in [0, 0.05) is 11.3 Å². The number of para-hydroxylation sites is 1. The predicted octanol–water partition coefficient (Wildman–Crippen LogP) is 2.35. The fourth-order valence-electron chi connectivity index (χ4n) is 2.55. The molecule has 0 unspecified atom stereocenters. The van der Waals surface area contributed by atoms with E-state index in [1.54, 1.807) is 12.1 Å². The number of hydrogen-bond donors (Lipinski definition) is 2. The first-order valence-electron chi connectivity index (χ1n) is 8.44. The number of halogens is 1. The molecule has 10 heteroatoms. The van der Waals surface area contributed by atoms with Gasteiger partial charge in [0.05, 0.1) is 0 Å². The van der Waals surface area contributed by atoms with Crippen molar-refractivity contribution in [2.45, 2.75) is 13.5 Å². The van der Waals surface area contributed by atoms with E-state index in [9.17, 15) is 4.39 Å². The van der Waals surface area contributed by atoms with E-state index >= 15 is 0 Å². The summed E-state index contributed by atoms with van der Waals surface area (Å²) in [5.41, 5.74) is 8.39. The Hall–Kier alpha value is -3.95. The third-order valence-corrected chi connectivity index (χ3v) is 3.93. The van der Waals surface area contributed by atoms with E-state index in [1.165, 1.54) is 16.9 Å². The second kappa shape index (κ2) is 7.35. The Kier molecular flexibility index (Phi) is 4.58. The van der Waals surface area contributed by atoms with Crippen molar-refractivity contribution in [1.29, 1.82) is 0 Å². The highest BCUT2D eigenvalue weighted by molar-refractivity contribution is 5.58. The molecule has 0 amide bonds. The maximum absolute atomic E-state index is 13.1. The highest BCUT2D eigenvalue weighted by atomic mass is 19.1. The van der Waals surface area contributed by atoms with E-state index in [2.05, 4.69) is 35.7 Å². The van der Waals surface area contributed by atoms with Gasteiger partial charge in [0.2, 0.25) is 17.7 Å². The number of nitrogens with one attached hydrogen (secondary N) is 1. The number of nitrogen functional groups attached to an aromatic ring is 1. The van der Waals surface area contributed by atoms with Crippen LogP contribution in [0.3, 0.4) is 0 Å². The minimum absolute atomic E-state index is 0.0833. The number of nitrogens with zero attached hydrogens (tertiary/aromatic N) is 7. The normalized spacial score (nSPS) is 10.8. The fourth-order valence-corrected chi connectivity index (χ4v) is 2.55. The number of aryl methyl sites for hydroxylation is 1. The highest BCUT2D eigenvalue weighted by Gasteiger charge is 2.10. The van der Waals surface area contributed by atoms with Gasteiger partial charge in [-0.05, 0) is 48.0 Å². The molecule has 0 saturated carbocycles. The molecular weight excluding hydrogens is 361 g/mol. The summed E-state index contributed by atoms with van der Waals surface area (Å²) >= 11 is 0. The summed E-state index contributed by atoms with van der Waals surface area (Å²) in [6, 6.07) is 13.6. The molecule has 0 radical (unpaired) electrons. The van der Waals surface area contributed by atoms with Crippen LogP contribution in [-0.4, -0.2) is 35.2 Å². The molecule has 0 aliphatic rings. The quantitative estimate of drug-likeness (QED) is 0.544. The topological polar surface area (TPSA) is 120 Å². The summed E-state index contributed by atoms with van der Waals surface area (Å²) in [5, 5.41) is 15.4. The molecule has 2 aromatic heterocycles. The van der Waals surface area contributed by atoms with Crippen LogP contribution in [0, 0.1) is 12.7 Å². The average molecular weight is 377 g/mol. The predicted molar refractivity (Wildman–Crippen MR) is 101 cm³/mol. The van der Waals surface area contributed by atoms with Crippen molar-refractivity contribution < 1.29 is 4.39 Å². The van der Waals surface area contributed by atoms with Gasteiger partial charge in [-0.2, -0.15) is 19.7 Å². The largest absolute Gasteiger partial charge is 0.368 e. The lowest BCUT2D eigenvalue weighted by Gasteiger charge is -2.09. The van der Waals surface area contributed by atoms with Crippen LogP contribution < -0.4 is 11.1 Å². The van der Waals surface area contributed by atoms with Crippen LogP contribution in [0.15, 0.2) is 48.5 Å². The van der Waals surface area contributed by atoms with Gasteiger partial charge in [-0.1, -0.05) is 18.2 Å². The first-order valence-corrected chi connectivity index (χ1v) is 8.44. The number of benzene rings is 2. The molecule has 140 valence electrons. The van der Waals surface area contributed by atoms with Gasteiger partial charge >= 0.3 is 0 Å². The van der Waals surface area contributed by atoms with E-state index < -0.39 is 0 Å². The Morgan fingerprint density at radius 1 is 1.04 bits per heavy atom. The maximum atomic E-state index is 13.1. The summed E-state index contributed by atoms with van der Waals surface area (Å²) in [4.78, 5) is 13.9. The van der Waals surface area contributed by atoms with Crippen LogP contribution in [-0.2, 0) is 6.54 Å². The van der Waals surface area contributed by atoms with Gasteiger partial charge in [0.1, 0.15) is 12.4 Å². The molecule has 28 heavy (non-hydrogen) atoms. The Bertz CT molecular complexity index is 1110. The third kappa shape index (κ3) is 3.90. The summed E-state index contributed by atoms with van der Waals surface area (Å²) in [5.74, 6) is 0.841. The Labute approximate surface area is 159 Å². The lowest BCUT2D eigenvalue weighted by Crippen LogP contribution is -2.12. The standard InChI is InChI=1S/C18H16FN9/c1-11-4-2-3-5-14(11)21-18-23-15(22-17(20)24-18)10-28-26-16(25-27-28)12-6-8-13(19)9-7-12/h2-9H,10H2,1H3,(H3,20,21,22,23,24). The smallest absolute Gasteiger partial charge is 0.232 e. The number of nitrogens with two attached hydrogens (primary N) is 1. The zero-order chi connectivity index (χ0) is 19.5. The number of tetrazole rings is 1. The molecule has 3 N–H and O–H groups in total. The molecule has 0 bridgehead atoms. The molecule has 0 atom stereocenters. The van der Waals surface area contributed by atoms with Gasteiger partial charge in [-0.15, -0.1) is 10.2 Å². The van der Waals surface area contributed by atoms with Gasteiger partial charge in [-0.25, -0.2) is 4.39 Å². The summed E-state index contributed by atoms with van der Waals surface area (Å²) in [6.45, 7) is 2.13. The highest BCUT2D eigenvalue weighted by Crippen LogP contribution is 2.18. The summed E-state index contributed by atoms with van der Waals surface area (Å²) in [7, 11) is 0. The zero-order valence-corrected chi connectivity index (χ0v) is 14.9. The minimum atomic E-state index is -0.328. The van der Waals surface area contributed by atoms with Gasteiger partial charge in [0.15, 0.2) is 5.82 Å². The molecule has 0 fully saturated rings. The van der Waals surface area contributed by atoms with Crippen LogP contribution in [0.4, 0.5) is 22.0 Å². The second-order valence-electron chi connectivity index (χ2n) is 6.02. The summed E-state index contributed by atoms with van der Waals surface area (Å²) < 4.78 is 13.1. The van der Waals surface area contributed by atoms with Gasteiger partial charge in [0.25, 0.3) is 0 Å². The molecule has 0 saturated heterocycles. The number of hydrogen-bond acceptors (Lipinski definition) is 8. The van der Waals surface area contributed by atoms with Crippen LogP contribution >= 0.6 is 0 Å². The zero-order valence-electron chi connectivity index (χ0n) is 14.9. The van der Waals surface area contributed by atoms with E-state index in [0.717, 1.165) is 11.3 Å². The van der Waals surface area contributed by atoms with Crippen LogP contribution in [0.1, 0.15) is 11.4 Å². The van der Waals surface area contributed by atoms with Crippen molar-refractivity contribution in [3.05, 3.63) is 65.7 Å². The van der Waals surface area contributed by atoms with Crippen molar-refractivity contribution in [3.63, 3.8) is 0 Å². The average Bonchev–Trinajstić information content (AvgIpc) is 3.12. The fraction of sp³-hybridized carbons (Fsp3) is 0.111. The summed E-state index contributed by atoms with van der Waals surface area (Å²) in [6.07, 6.45) is 0. The number of rotatable bonds is 5.